The van der Waals surface area contributed by atoms with Gasteiger partial charge in [-0.2, -0.15) is 25.5 Å². The summed E-state index contributed by atoms with van der Waals surface area (Å²) in [7, 11) is -0.350. The van der Waals surface area contributed by atoms with E-state index in [0.29, 0.717) is 35.5 Å². The lowest BCUT2D eigenvalue weighted by atomic mass is 9.82. The average molecular weight is 1210 g/mol. The summed E-state index contributed by atoms with van der Waals surface area (Å²) >= 11 is 5.69. The molecule has 0 amide bonds. The highest BCUT2D eigenvalue weighted by Crippen LogP contribution is 2.38. The van der Waals surface area contributed by atoms with Crippen molar-refractivity contribution < 1.29 is 49.9 Å². The zero-order chi connectivity index (χ0) is 55.1. The molecule has 78 heavy (non-hydrogen) atoms. The van der Waals surface area contributed by atoms with Crippen molar-refractivity contribution >= 4 is 44.4 Å². The highest BCUT2D eigenvalue weighted by Gasteiger charge is 2.52. The Morgan fingerprint density at radius 2 is 0.833 bits per heavy atom. The fourth-order valence-corrected chi connectivity index (χ4v) is 9.58. The van der Waals surface area contributed by atoms with Gasteiger partial charge in [-0.15, -0.1) is 0 Å². The number of nitrogens with zero attached hydrogens (tertiary/aromatic N) is 8. The number of nitrogens with one attached hydrogen (secondary N) is 2. The lowest BCUT2D eigenvalue weighted by molar-refractivity contribution is -0.0395. The summed E-state index contributed by atoms with van der Waals surface area (Å²) in [6, 6.07) is 6.90. The molecule has 15 nitrogen and oxygen atoms in total. The SMILES string of the molecule is CC1(C)OB(c2cnn(C3CCCCO3)c2)OC1(C)C.Fc1cc(-c2cn[nH]c2)c(F)cc1-c1cn[nH]c1.Fc1cc(-c2cnn(C3CCCCO3)c2)c(F)cc1-c1cnn(C2CCCCO2)c1.Fc1cc(Br)c(F)cc1Br. The van der Waals surface area contributed by atoms with Crippen molar-refractivity contribution in [1.29, 1.82) is 0 Å². The predicted molar refractivity (Wildman–Crippen MR) is 287 cm³/mol. The van der Waals surface area contributed by atoms with Crippen molar-refractivity contribution in [2.75, 3.05) is 19.8 Å². The maximum absolute atomic E-state index is 14.9. The summed E-state index contributed by atoms with van der Waals surface area (Å²) in [6.07, 6.45) is 25.3. The van der Waals surface area contributed by atoms with Crippen LogP contribution in [0.3, 0.4) is 0 Å². The normalized spacial score (nSPS) is 19.7. The number of halogens is 8. The summed E-state index contributed by atoms with van der Waals surface area (Å²) < 4.78 is 118. The van der Waals surface area contributed by atoms with E-state index in [2.05, 4.69) is 95.2 Å². The monoisotopic (exact) mass is 1210 g/mol. The molecule has 12 rings (SSSR count). The Morgan fingerprint density at radius 1 is 0.474 bits per heavy atom. The highest BCUT2D eigenvalue weighted by molar-refractivity contribution is 9.11. The van der Waals surface area contributed by atoms with E-state index in [1.165, 1.54) is 43.3 Å². The molecule has 9 heterocycles. The second-order valence-corrected chi connectivity index (χ2v) is 21.7. The van der Waals surface area contributed by atoms with Gasteiger partial charge >= 0.3 is 7.12 Å². The van der Waals surface area contributed by atoms with Gasteiger partial charge in [-0.3, -0.25) is 10.2 Å². The van der Waals surface area contributed by atoms with Gasteiger partial charge < -0.3 is 23.5 Å². The van der Waals surface area contributed by atoms with Gasteiger partial charge in [-0.1, -0.05) is 0 Å². The number of hydrogen-bond donors (Lipinski definition) is 2. The topological polar surface area (TPSA) is 157 Å². The van der Waals surface area contributed by atoms with Crippen molar-refractivity contribution in [2.45, 2.75) is 115 Å². The van der Waals surface area contributed by atoms with Gasteiger partial charge in [-0.05, 0) is 154 Å². The molecule has 24 heteroatoms. The maximum Gasteiger partial charge on any atom is 0.498 e. The molecule has 2 N–H and O–H groups in total. The van der Waals surface area contributed by atoms with Crippen LogP contribution in [0.15, 0.2) is 107 Å². The van der Waals surface area contributed by atoms with Crippen LogP contribution in [-0.4, -0.2) is 87.9 Å². The summed E-state index contributed by atoms with van der Waals surface area (Å²) in [4.78, 5) is 0. The molecule has 4 aliphatic heterocycles. The third-order valence-corrected chi connectivity index (χ3v) is 15.2. The highest BCUT2D eigenvalue weighted by atomic mass is 79.9. The Balaban J connectivity index is 0.000000135. The number of hydrogen-bond acceptors (Lipinski definition) is 10. The minimum absolute atomic E-state index is 0.0555. The zero-order valence-corrected chi connectivity index (χ0v) is 46.3. The first-order chi connectivity index (χ1) is 37.4. The van der Waals surface area contributed by atoms with Crippen molar-refractivity contribution in [3.8, 4) is 44.5 Å². The lowest BCUT2D eigenvalue weighted by Crippen LogP contribution is -2.41. The van der Waals surface area contributed by atoms with Crippen LogP contribution >= 0.6 is 31.9 Å². The summed E-state index contributed by atoms with van der Waals surface area (Å²) in [6.45, 7) is 10.4. The molecule has 5 aromatic heterocycles. The molecule has 3 atom stereocenters. The Labute approximate surface area is 463 Å². The van der Waals surface area contributed by atoms with E-state index in [9.17, 15) is 26.3 Å². The van der Waals surface area contributed by atoms with E-state index in [0.717, 1.165) is 87.7 Å². The Hall–Kier alpha value is -5.89. The summed E-state index contributed by atoms with van der Waals surface area (Å²) in [5.41, 5.74) is 3.09. The average Bonchev–Trinajstić information content (AvgIpc) is 4.40. The van der Waals surface area contributed by atoms with Crippen LogP contribution in [-0.2, 0) is 23.5 Å². The lowest BCUT2D eigenvalue weighted by Gasteiger charge is -2.32. The minimum atomic E-state index is -0.506. The summed E-state index contributed by atoms with van der Waals surface area (Å²) in [5.74, 6) is -2.97. The van der Waals surface area contributed by atoms with Crippen molar-refractivity contribution in [1.82, 2.24) is 49.7 Å². The molecule has 4 saturated heterocycles. The molecule has 412 valence electrons. The molecular formula is C54H57BBr2F6N10O5. The standard InChI is InChI=1S/C22H24F2N4O2.C14H23BN2O3.C12H8F2N4.C6H2Br2F2/c23-19-10-18(16-12-26-28(14-16)22-6-2-4-8-30-22)20(24)9-17(19)15-11-25-27(13-15)21-5-1-3-7-29-21;1-13(2)14(3,4)20-15(19-13)11-9-16-17(10-11)12-7-5-6-8-18-12;13-11-1-9(7-3-15-16-4-7)12(14)2-10(11)8-5-17-18-6-8;7-3-1-5(9)4(8)2-6(3)10/h9-14,21-22H,1-8H2;9-10,12H,5-8H2,1-4H3;1-6H,(H,15,16)(H,17,18);1-2H. The van der Waals surface area contributed by atoms with Gasteiger partial charge in [0, 0.05) is 107 Å². The molecule has 0 saturated carbocycles. The van der Waals surface area contributed by atoms with E-state index >= 15 is 0 Å². The number of aromatic nitrogens is 10. The molecule has 8 aromatic rings. The quantitative estimate of drug-likeness (QED) is 0.0853. The molecule has 0 aliphatic carbocycles. The van der Waals surface area contributed by atoms with Crippen LogP contribution in [0.25, 0.3) is 44.5 Å². The van der Waals surface area contributed by atoms with Gasteiger partial charge in [0.2, 0.25) is 0 Å². The number of rotatable bonds is 8. The van der Waals surface area contributed by atoms with E-state index in [-0.39, 0.29) is 68.2 Å². The Bertz CT molecular complexity index is 3040. The molecule has 4 aliphatic rings. The number of H-pyrrole nitrogens is 2. The molecule has 0 bridgehead atoms. The third kappa shape index (κ3) is 13.4. The predicted octanol–water partition coefficient (Wildman–Crippen LogP) is 13.2. The van der Waals surface area contributed by atoms with Crippen LogP contribution < -0.4 is 5.46 Å². The fourth-order valence-electron chi connectivity index (χ4n) is 8.95. The smallest absolute Gasteiger partial charge is 0.399 e. The van der Waals surface area contributed by atoms with Crippen LogP contribution in [0.2, 0.25) is 0 Å². The number of ether oxygens (including phenoxy) is 3. The van der Waals surface area contributed by atoms with Crippen molar-refractivity contribution in [2.24, 2.45) is 0 Å². The van der Waals surface area contributed by atoms with Crippen LogP contribution in [0, 0.1) is 34.9 Å². The molecule has 3 unspecified atom stereocenters. The van der Waals surface area contributed by atoms with Crippen LogP contribution in [0.5, 0.6) is 0 Å². The first-order valence-corrected chi connectivity index (χ1v) is 27.1. The maximum atomic E-state index is 14.9. The van der Waals surface area contributed by atoms with Gasteiger partial charge in [0.05, 0.1) is 44.9 Å². The third-order valence-electron chi connectivity index (χ3n) is 14.0. The second kappa shape index (κ2) is 25.1. The van der Waals surface area contributed by atoms with E-state index in [1.54, 1.807) is 34.2 Å². The Kier molecular flexibility index (Phi) is 18.3. The van der Waals surface area contributed by atoms with E-state index in [1.807, 2.05) is 17.1 Å². The zero-order valence-electron chi connectivity index (χ0n) is 43.2. The molecule has 4 fully saturated rings. The molecule has 0 spiro atoms. The van der Waals surface area contributed by atoms with E-state index in [4.69, 9.17) is 23.5 Å². The molecular weight excluding hydrogens is 1150 g/mol. The van der Waals surface area contributed by atoms with Crippen molar-refractivity contribution in [3.63, 3.8) is 0 Å². The van der Waals surface area contributed by atoms with Crippen LogP contribution in [0.1, 0.15) is 104 Å². The summed E-state index contributed by atoms with van der Waals surface area (Å²) in [5, 5.41) is 25.6. The minimum Gasteiger partial charge on any atom is -0.399 e. The number of aromatic amines is 2. The first kappa shape index (κ1) is 56.8. The molecule has 0 radical (unpaired) electrons. The van der Waals surface area contributed by atoms with Gasteiger partial charge in [0.1, 0.15) is 53.6 Å². The van der Waals surface area contributed by atoms with Gasteiger partial charge in [0.15, 0.2) is 0 Å². The van der Waals surface area contributed by atoms with Gasteiger partial charge in [-0.25, -0.2) is 40.4 Å². The number of benzene rings is 3. The first-order valence-electron chi connectivity index (χ1n) is 25.5. The van der Waals surface area contributed by atoms with E-state index < -0.39 is 34.9 Å². The fraction of sp³-hybridized carbons (Fsp3) is 0.389. The van der Waals surface area contributed by atoms with Crippen LogP contribution in [0.4, 0.5) is 26.3 Å². The largest absolute Gasteiger partial charge is 0.498 e. The molecule has 3 aromatic carbocycles. The van der Waals surface area contributed by atoms with Crippen molar-refractivity contribution in [3.05, 3.63) is 142 Å². The second-order valence-electron chi connectivity index (χ2n) is 20.0. The van der Waals surface area contributed by atoms with Gasteiger partial charge in [0.25, 0.3) is 0 Å². The Morgan fingerprint density at radius 3 is 1.18 bits per heavy atom.